The number of halogens is 3. The number of carbonyl (C=O) groups is 3. The Hall–Kier alpha value is -3.51. The number of ether oxygens (including phenoxy) is 2. The average Bonchev–Trinajstić information content (AvgIpc) is 2.67. The number of guanidine groups is 1. The first-order valence-electron chi connectivity index (χ1n) is 8.93. The van der Waals surface area contributed by atoms with Crippen molar-refractivity contribution in [3.8, 4) is 5.75 Å². The Labute approximate surface area is 175 Å². The van der Waals surface area contributed by atoms with E-state index in [2.05, 4.69) is 15.0 Å². The number of methoxy groups -OCH3 is 1. The van der Waals surface area contributed by atoms with Crippen molar-refractivity contribution in [2.24, 2.45) is 22.4 Å². The van der Waals surface area contributed by atoms with E-state index in [4.69, 9.17) is 26.1 Å². The second-order valence-electron chi connectivity index (χ2n) is 6.30. The number of nitrogens with two attached hydrogens (primary N) is 2. The van der Waals surface area contributed by atoms with Crippen LogP contribution in [0.1, 0.15) is 18.4 Å². The summed E-state index contributed by atoms with van der Waals surface area (Å²) in [6, 6.07) is 5.51. The maximum Gasteiger partial charge on any atom is 0.490 e. The highest BCUT2D eigenvalue weighted by Gasteiger charge is 2.38. The topological polar surface area (TPSA) is 166 Å². The minimum atomic E-state index is -5.08. The molecule has 1 aliphatic heterocycles. The summed E-state index contributed by atoms with van der Waals surface area (Å²) in [5.74, 6) is -3.01. The zero-order valence-electron chi connectivity index (χ0n) is 16.6. The normalized spacial score (nSPS) is 14.8. The summed E-state index contributed by atoms with van der Waals surface area (Å²) in [4.78, 5) is 36.2. The summed E-state index contributed by atoms with van der Waals surface area (Å²) in [6.45, 7) is 0.966. The lowest BCUT2D eigenvalue weighted by molar-refractivity contribution is -0.192. The van der Waals surface area contributed by atoms with Crippen molar-refractivity contribution in [1.82, 2.24) is 0 Å². The first kappa shape index (κ1) is 25.5. The molecule has 13 heteroatoms. The van der Waals surface area contributed by atoms with Crippen LogP contribution >= 0.6 is 0 Å². The lowest BCUT2D eigenvalue weighted by atomic mass is 9.90. The number of carboxylic acid groups (broad SMARTS) is 1. The zero-order valence-corrected chi connectivity index (χ0v) is 16.6. The van der Waals surface area contributed by atoms with Crippen molar-refractivity contribution in [2.75, 3.05) is 25.6 Å². The maximum absolute atomic E-state index is 12.1. The first-order valence-corrected chi connectivity index (χ1v) is 8.93. The van der Waals surface area contributed by atoms with Crippen molar-refractivity contribution in [3.63, 3.8) is 0 Å². The van der Waals surface area contributed by atoms with Gasteiger partial charge in [-0.25, -0.2) is 4.79 Å². The van der Waals surface area contributed by atoms with E-state index in [1.165, 1.54) is 7.11 Å². The number of fused-ring (bicyclic) bond motifs is 1. The molecular formula is C18H23F3N4O6. The summed E-state index contributed by atoms with van der Waals surface area (Å²) < 4.78 is 42.0. The molecule has 6 N–H and O–H groups in total. The molecule has 0 fully saturated rings. The lowest BCUT2D eigenvalue weighted by Gasteiger charge is -2.24. The Balaban J connectivity index is 0.000000592. The molecule has 31 heavy (non-hydrogen) atoms. The number of aliphatic carboxylic acids is 1. The quantitative estimate of drug-likeness (QED) is 0.208. The van der Waals surface area contributed by atoms with E-state index in [9.17, 15) is 22.8 Å². The van der Waals surface area contributed by atoms with Crippen LogP contribution < -0.4 is 21.5 Å². The van der Waals surface area contributed by atoms with Crippen LogP contribution in [-0.4, -0.2) is 55.3 Å². The van der Waals surface area contributed by atoms with E-state index in [1.807, 2.05) is 12.1 Å². The SMILES string of the molecule is COC(=O)CC1Cc2ccc(OCCCN=C(N)N)cc2NC1=O.O=C(O)C(F)(F)F. The molecule has 1 unspecified atom stereocenters. The molecule has 0 aromatic heterocycles. The van der Waals surface area contributed by atoms with Gasteiger partial charge in [0.25, 0.3) is 0 Å². The molecule has 172 valence electrons. The van der Waals surface area contributed by atoms with Crippen molar-refractivity contribution < 1.29 is 42.1 Å². The van der Waals surface area contributed by atoms with Crippen LogP contribution in [0.5, 0.6) is 5.75 Å². The van der Waals surface area contributed by atoms with E-state index in [1.54, 1.807) is 6.07 Å². The fourth-order valence-corrected chi connectivity index (χ4v) is 2.44. The van der Waals surface area contributed by atoms with Crippen molar-refractivity contribution >= 4 is 29.5 Å². The second kappa shape index (κ2) is 11.6. The van der Waals surface area contributed by atoms with Gasteiger partial charge in [0.2, 0.25) is 5.91 Å². The molecule has 1 heterocycles. The summed E-state index contributed by atoms with van der Waals surface area (Å²) in [7, 11) is 1.31. The highest BCUT2D eigenvalue weighted by atomic mass is 19.4. The molecule has 0 saturated carbocycles. The number of anilines is 1. The molecular weight excluding hydrogens is 425 g/mol. The Morgan fingerprint density at radius 2 is 1.97 bits per heavy atom. The third-order valence-corrected chi connectivity index (χ3v) is 3.93. The number of nitrogens with one attached hydrogen (secondary N) is 1. The van der Waals surface area contributed by atoms with Gasteiger partial charge in [-0.3, -0.25) is 14.6 Å². The lowest BCUT2D eigenvalue weighted by Crippen LogP contribution is -2.31. The van der Waals surface area contributed by atoms with Crippen LogP contribution in [0, 0.1) is 5.92 Å². The molecule has 0 radical (unpaired) electrons. The van der Waals surface area contributed by atoms with Gasteiger partial charge in [-0.1, -0.05) is 6.07 Å². The number of nitrogens with zero attached hydrogens (tertiary/aromatic N) is 1. The Kier molecular flexibility index (Phi) is 9.57. The van der Waals surface area contributed by atoms with Crippen LogP contribution in [0.2, 0.25) is 0 Å². The van der Waals surface area contributed by atoms with Crippen molar-refractivity contribution in [1.29, 1.82) is 0 Å². The second-order valence-corrected chi connectivity index (χ2v) is 6.30. The average molecular weight is 448 g/mol. The Morgan fingerprint density at radius 1 is 1.32 bits per heavy atom. The van der Waals surface area contributed by atoms with Crippen molar-refractivity contribution in [3.05, 3.63) is 23.8 Å². The fourth-order valence-electron chi connectivity index (χ4n) is 2.44. The van der Waals surface area contributed by atoms with Crippen LogP contribution in [0.4, 0.5) is 18.9 Å². The number of alkyl halides is 3. The number of carboxylic acids is 1. The minimum absolute atomic E-state index is 0.0630. The van der Waals surface area contributed by atoms with Gasteiger partial charge < -0.3 is 31.4 Å². The van der Waals surface area contributed by atoms with E-state index in [-0.39, 0.29) is 24.3 Å². The van der Waals surface area contributed by atoms with Gasteiger partial charge in [-0.2, -0.15) is 13.2 Å². The number of benzene rings is 1. The van der Waals surface area contributed by atoms with Gasteiger partial charge in [0, 0.05) is 24.7 Å². The Morgan fingerprint density at radius 3 is 2.52 bits per heavy atom. The van der Waals surface area contributed by atoms with Gasteiger partial charge in [-0.15, -0.1) is 0 Å². The summed E-state index contributed by atoms with van der Waals surface area (Å²) >= 11 is 0. The number of amides is 1. The molecule has 1 amide bonds. The number of esters is 1. The van der Waals surface area contributed by atoms with E-state index in [0.717, 1.165) is 5.56 Å². The van der Waals surface area contributed by atoms with Gasteiger partial charge in [0.1, 0.15) is 5.75 Å². The molecule has 0 spiro atoms. The van der Waals surface area contributed by atoms with Crippen LogP contribution in [0.3, 0.4) is 0 Å². The number of hydrogen-bond donors (Lipinski definition) is 4. The summed E-state index contributed by atoms with van der Waals surface area (Å²) in [6.07, 6.45) is -3.82. The summed E-state index contributed by atoms with van der Waals surface area (Å²) in [5, 5.41) is 9.94. The number of rotatable bonds is 7. The minimum Gasteiger partial charge on any atom is -0.493 e. The van der Waals surface area contributed by atoms with Gasteiger partial charge in [0.05, 0.1) is 26.1 Å². The van der Waals surface area contributed by atoms with E-state index in [0.29, 0.717) is 37.4 Å². The maximum atomic E-state index is 12.1. The Bertz CT molecular complexity index is 825. The van der Waals surface area contributed by atoms with Gasteiger partial charge >= 0.3 is 18.1 Å². The smallest absolute Gasteiger partial charge is 0.490 e. The molecule has 0 bridgehead atoms. The van der Waals surface area contributed by atoms with Crippen LogP contribution in [-0.2, 0) is 25.5 Å². The third kappa shape index (κ3) is 9.23. The highest BCUT2D eigenvalue weighted by Crippen LogP contribution is 2.30. The summed E-state index contributed by atoms with van der Waals surface area (Å²) in [5.41, 5.74) is 12.2. The molecule has 0 aliphatic carbocycles. The molecule has 1 aliphatic rings. The molecule has 10 nitrogen and oxygen atoms in total. The molecule has 1 aromatic carbocycles. The van der Waals surface area contributed by atoms with Crippen molar-refractivity contribution in [2.45, 2.75) is 25.4 Å². The third-order valence-electron chi connectivity index (χ3n) is 3.93. The molecule has 0 saturated heterocycles. The fraction of sp³-hybridized carbons (Fsp3) is 0.444. The van der Waals surface area contributed by atoms with Gasteiger partial charge in [-0.05, 0) is 18.1 Å². The highest BCUT2D eigenvalue weighted by molar-refractivity contribution is 5.97. The number of hydrogen-bond acceptors (Lipinski definition) is 6. The van der Waals surface area contributed by atoms with Crippen LogP contribution in [0.25, 0.3) is 0 Å². The monoisotopic (exact) mass is 448 g/mol. The largest absolute Gasteiger partial charge is 0.493 e. The van der Waals surface area contributed by atoms with E-state index < -0.39 is 18.1 Å². The number of carbonyl (C=O) groups excluding carboxylic acids is 2. The first-order chi connectivity index (χ1) is 14.4. The van der Waals surface area contributed by atoms with E-state index >= 15 is 0 Å². The zero-order chi connectivity index (χ0) is 23.6. The number of aliphatic imine (C=N–C) groups is 1. The molecule has 2 rings (SSSR count). The predicted octanol–water partition coefficient (Wildman–Crippen LogP) is 1.04. The predicted molar refractivity (Wildman–Crippen MR) is 103 cm³/mol. The standard InChI is InChI=1S/C16H22N4O4.C2HF3O2/c1-23-14(21)8-11-7-10-3-4-12(9-13(10)20-15(11)22)24-6-2-5-19-16(17)18;3-2(4,5)1(6)7/h3-4,9,11H,2,5-8H2,1H3,(H,20,22)(H4,17,18,19);(H,6,7). The molecule has 1 aromatic rings. The molecule has 1 atom stereocenters. The van der Waals surface area contributed by atoms with Gasteiger partial charge in [0.15, 0.2) is 5.96 Å². The van der Waals surface area contributed by atoms with Crippen LogP contribution in [0.15, 0.2) is 23.2 Å².